The first-order valence-corrected chi connectivity index (χ1v) is 10.6. The van der Waals surface area contributed by atoms with E-state index in [0.29, 0.717) is 19.0 Å². The Kier molecular flexibility index (Phi) is 8.77. The molecule has 1 unspecified atom stereocenters. The molecule has 3 rings (SSSR count). The molecule has 1 amide bonds. The zero-order valence-electron chi connectivity index (χ0n) is 16.0. The Hall–Kier alpha value is -1.40. The summed E-state index contributed by atoms with van der Waals surface area (Å²) in [4.78, 5) is 19.5. The molecular formula is C20H31ClN4OS. The summed E-state index contributed by atoms with van der Waals surface area (Å²) in [5.74, 6) is 1.03. The molecule has 1 saturated carbocycles. The average Bonchev–Trinajstić information content (AvgIpc) is 2.84. The fraction of sp³-hybridized carbons (Fsp3) is 0.600. The third-order valence-corrected chi connectivity index (χ3v) is 6.47. The van der Waals surface area contributed by atoms with Gasteiger partial charge < -0.3 is 16.0 Å². The first-order valence-electron chi connectivity index (χ1n) is 9.66. The first kappa shape index (κ1) is 21.9. The SMILES string of the molecule is CN1C(=NC2CCCCCC2)SCC1CC(=O)NCc1ccc(N)cc1.Cl. The standard InChI is InChI=1S/C20H30N4OS.ClH/c1-24-18(12-19(25)22-13-15-8-10-16(21)11-9-15)14-26-20(24)23-17-6-4-2-3-5-7-17;/h8-11,17-18H,2-7,12-14,21H2,1H3,(H,22,25);1H. The zero-order chi connectivity index (χ0) is 18.4. The maximum absolute atomic E-state index is 12.3. The summed E-state index contributed by atoms with van der Waals surface area (Å²) in [7, 11) is 2.08. The van der Waals surface area contributed by atoms with Gasteiger partial charge >= 0.3 is 0 Å². The predicted molar refractivity (Wildman–Crippen MR) is 118 cm³/mol. The molecular weight excluding hydrogens is 380 g/mol. The lowest BCUT2D eigenvalue weighted by Gasteiger charge is -2.21. The van der Waals surface area contributed by atoms with E-state index in [4.69, 9.17) is 10.7 Å². The number of nitrogens with zero attached hydrogens (tertiary/aromatic N) is 2. The van der Waals surface area contributed by atoms with Gasteiger partial charge in [0.15, 0.2) is 5.17 Å². The van der Waals surface area contributed by atoms with Crippen molar-refractivity contribution in [2.45, 2.75) is 63.6 Å². The summed E-state index contributed by atoms with van der Waals surface area (Å²) in [6.07, 6.45) is 8.24. The molecule has 1 aliphatic heterocycles. The van der Waals surface area contributed by atoms with E-state index >= 15 is 0 Å². The number of nitrogens with one attached hydrogen (secondary N) is 1. The van der Waals surface area contributed by atoms with Crippen LogP contribution < -0.4 is 11.1 Å². The summed E-state index contributed by atoms with van der Waals surface area (Å²) in [5, 5.41) is 4.13. The van der Waals surface area contributed by atoms with Gasteiger partial charge in [0.2, 0.25) is 5.91 Å². The molecule has 0 bridgehead atoms. The number of hydrogen-bond acceptors (Lipinski definition) is 4. The number of hydrogen-bond donors (Lipinski definition) is 2. The van der Waals surface area contributed by atoms with E-state index in [1.807, 2.05) is 24.3 Å². The number of anilines is 1. The van der Waals surface area contributed by atoms with Crippen LogP contribution in [0.5, 0.6) is 0 Å². The minimum Gasteiger partial charge on any atom is -0.399 e. The third kappa shape index (κ3) is 6.61. The van der Waals surface area contributed by atoms with Crippen LogP contribution in [0.15, 0.2) is 29.3 Å². The van der Waals surface area contributed by atoms with Crippen LogP contribution in [0, 0.1) is 0 Å². The molecule has 1 heterocycles. The highest BCUT2D eigenvalue weighted by atomic mass is 35.5. The molecule has 2 aliphatic rings. The van der Waals surface area contributed by atoms with E-state index in [9.17, 15) is 4.79 Å². The summed E-state index contributed by atoms with van der Waals surface area (Å²) in [6.45, 7) is 0.547. The van der Waals surface area contributed by atoms with Gasteiger partial charge in [-0.05, 0) is 30.5 Å². The van der Waals surface area contributed by atoms with Crippen molar-refractivity contribution in [3.8, 4) is 0 Å². The lowest BCUT2D eigenvalue weighted by molar-refractivity contribution is -0.121. The van der Waals surface area contributed by atoms with E-state index in [-0.39, 0.29) is 24.4 Å². The topological polar surface area (TPSA) is 70.7 Å². The molecule has 7 heteroatoms. The molecule has 1 aliphatic carbocycles. The highest BCUT2D eigenvalue weighted by molar-refractivity contribution is 8.14. The molecule has 0 aromatic heterocycles. The van der Waals surface area contributed by atoms with Gasteiger partial charge in [0.1, 0.15) is 0 Å². The molecule has 5 nitrogen and oxygen atoms in total. The number of halogens is 1. The molecule has 1 saturated heterocycles. The number of carbonyl (C=O) groups excluding carboxylic acids is 1. The maximum atomic E-state index is 12.3. The Morgan fingerprint density at radius 3 is 2.56 bits per heavy atom. The second kappa shape index (κ2) is 10.8. The van der Waals surface area contributed by atoms with Crippen LogP contribution in [0.1, 0.15) is 50.5 Å². The highest BCUT2D eigenvalue weighted by Gasteiger charge is 2.29. The number of carbonyl (C=O) groups is 1. The summed E-state index contributed by atoms with van der Waals surface area (Å²) < 4.78 is 0. The van der Waals surface area contributed by atoms with Crippen LogP contribution in [-0.4, -0.2) is 40.9 Å². The van der Waals surface area contributed by atoms with E-state index in [1.165, 1.54) is 38.5 Å². The molecule has 3 N–H and O–H groups in total. The highest BCUT2D eigenvalue weighted by Crippen LogP contribution is 2.27. The number of benzene rings is 1. The molecule has 2 fully saturated rings. The van der Waals surface area contributed by atoms with Crippen molar-refractivity contribution in [2.24, 2.45) is 4.99 Å². The van der Waals surface area contributed by atoms with Crippen LogP contribution in [0.25, 0.3) is 0 Å². The zero-order valence-corrected chi connectivity index (χ0v) is 17.7. The molecule has 150 valence electrons. The minimum absolute atomic E-state index is 0. The van der Waals surface area contributed by atoms with E-state index in [0.717, 1.165) is 22.2 Å². The minimum atomic E-state index is 0. The Labute approximate surface area is 173 Å². The van der Waals surface area contributed by atoms with E-state index in [1.54, 1.807) is 11.8 Å². The number of amidine groups is 1. The van der Waals surface area contributed by atoms with Crippen molar-refractivity contribution < 1.29 is 4.79 Å². The fourth-order valence-corrected chi connectivity index (χ4v) is 4.79. The van der Waals surface area contributed by atoms with Gasteiger partial charge in [0.25, 0.3) is 0 Å². The normalized spacial score (nSPS) is 22.3. The van der Waals surface area contributed by atoms with Crippen molar-refractivity contribution in [3.63, 3.8) is 0 Å². The van der Waals surface area contributed by atoms with Gasteiger partial charge in [0.05, 0.1) is 6.04 Å². The number of nitrogens with two attached hydrogens (primary N) is 1. The Morgan fingerprint density at radius 2 is 1.89 bits per heavy atom. The predicted octanol–water partition coefficient (Wildman–Crippen LogP) is 3.82. The molecule has 27 heavy (non-hydrogen) atoms. The van der Waals surface area contributed by atoms with Gasteiger partial charge in [-0.25, -0.2) is 0 Å². The quantitative estimate of drug-likeness (QED) is 0.571. The second-order valence-corrected chi connectivity index (χ2v) is 8.34. The maximum Gasteiger partial charge on any atom is 0.222 e. The van der Waals surface area contributed by atoms with Gasteiger partial charge in [-0.15, -0.1) is 12.4 Å². The van der Waals surface area contributed by atoms with Gasteiger partial charge in [-0.3, -0.25) is 9.79 Å². The van der Waals surface area contributed by atoms with Gasteiger partial charge in [-0.2, -0.15) is 0 Å². The monoisotopic (exact) mass is 410 g/mol. The number of amides is 1. The number of aliphatic imine (C=N–C) groups is 1. The molecule has 1 atom stereocenters. The van der Waals surface area contributed by atoms with Crippen LogP contribution in [0.4, 0.5) is 5.69 Å². The van der Waals surface area contributed by atoms with Crippen LogP contribution in [0.3, 0.4) is 0 Å². The molecule has 1 aromatic carbocycles. The first-order chi connectivity index (χ1) is 12.6. The molecule has 1 aromatic rings. The van der Waals surface area contributed by atoms with Crippen LogP contribution >= 0.6 is 24.2 Å². The molecule has 0 radical (unpaired) electrons. The van der Waals surface area contributed by atoms with Crippen molar-refractivity contribution in [3.05, 3.63) is 29.8 Å². The van der Waals surface area contributed by atoms with E-state index < -0.39 is 0 Å². The van der Waals surface area contributed by atoms with Crippen LogP contribution in [0.2, 0.25) is 0 Å². The summed E-state index contributed by atoms with van der Waals surface area (Å²) in [6, 6.07) is 8.32. The van der Waals surface area contributed by atoms with Crippen LogP contribution in [-0.2, 0) is 11.3 Å². The summed E-state index contributed by atoms with van der Waals surface area (Å²) in [5.41, 5.74) is 7.50. The average molecular weight is 411 g/mol. The number of thioether (sulfide) groups is 1. The van der Waals surface area contributed by atoms with Crippen molar-refractivity contribution >= 4 is 40.9 Å². The molecule has 0 spiro atoms. The number of nitrogen functional groups attached to an aromatic ring is 1. The Morgan fingerprint density at radius 1 is 1.22 bits per heavy atom. The lowest BCUT2D eigenvalue weighted by atomic mass is 10.1. The van der Waals surface area contributed by atoms with Gasteiger partial charge in [-0.1, -0.05) is 49.6 Å². The second-order valence-electron chi connectivity index (χ2n) is 7.36. The van der Waals surface area contributed by atoms with Crippen molar-refractivity contribution in [1.29, 1.82) is 0 Å². The lowest BCUT2D eigenvalue weighted by Crippen LogP contribution is -2.36. The van der Waals surface area contributed by atoms with Gasteiger partial charge in [0, 0.05) is 37.5 Å². The Bertz CT molecular complexity index is 629. The largest absolute Gasteiger partial charge is 0.399 e. The van der Waals surface area contributed by atoms with Crippen molar-refractivity contribution in [1.82, 2.24) is 10.2 Å². The van der Waals surface area contributed by atoms with E-state index in [2.05, 4.69) is 17.3 Å². The Balaban J connectivity index is 0.00000261. The van der Waals surface area contributed by atoms with Crippen molar-refractivity contribution in [2.75, 3.05) is 18.5 Å². The smallest absolute Gasteiger partial charge is 0.222 e. The fourth-order valence-electron chi connectivity index (χ4n) is 3.53. The number of rotatable bonds is 5. The summed E-state index contributed by atoms with van der Waals surface area (Å²) >= 11 is 1.80. The third-order valence-electron chi connectivity index (χ3n) is 5.26.